The summed E-state index contributed by atoms with van der Waals surface area (Å²) in [5.74, 6) is -0.336. The number of nitrogens with two attached hydrogens (primary N) is 1. The zero-order valence-electron chi connectivity index (χ0n) is 11.4. The number of hydrogen-bond acceptors (Lipinski definition) is 4. The smallest absolute Gasteiger partial charge is 0.167 e. The Morgan fingerprint density at radius 1 is 1.19 bits per heavy atom. The number of nitrogen functional groups attached to an aromatic ring is 1. The second-order valence-corrected chi connectivity index (χ2v) is 4.61. The first-order valence-corrected chi connectivity index (χ1v) is 6.42. The monoisotopic (exact) mass is 283 g/mol. The molecule has 5 heteroatoms. The van der Waals surface area contributed by atoms with Gasteiger partial charge in [-0.05, 0) is 24.3 Å². The number of halogens is 1. The molecule has 0 aliphatic rings. The highest BCUT2D eigenvalue weighted by Gasteiger charge is 2.08. The molecule has 2 aromatic carbocycles. The van der Waals surface area contributed by atoms with Gasteiger partial charge in [0.1, 0.15) is 0 Å². The third-order valence-electron chi connectivity index (χ3n) is 3.21. The molecule has 0 bridgehead atoms. The number of nitrogens with zero attached hydrogens (tertiary/aromatic N) is 1. The summed E-state index contributed by atoms with van der Waals surface area (Å²) < 4.78 is 18.5. The number of methoxy groups -OCH3 is 1. The Morgan fingerprint density at radius 2 is 2.05 bits per heavy atom. The summed E-state index contributed by atoms with van der Waals surface area (Å²) in [7, 11) is 1.42. The van der Waals surface area contributed by atoms with Crippen LogP contribution < -0.4 is 15.8 Å². The first-order valence-electron chi connectivity index (χ1n) is 6.42. The van der Waals surface area contributed by atoms with E-state index in [1.54, 1.807) is 6.20 Å². The van der Waals surface area contributed by atoms with Gasteiger partial charge in [0.2, 0.25) is 0 Å². The van der Waals surface area contributed by atoms with Gasteiger partial charge in [-0.25, -0.2) is 4.39 Å². The molecule has 3 rings (SSSR count). The van der Waals surface area contributed by atoms with Crippen LogP contribution in [0.4, 0.5) is 21.5 Å². The predicted molar refractivity (Wildman–Crippen MR) is 82.4 cm³/mol. The molecule has 0 saturated heterocycles. The molecule has 106 valence electrons. The van der Waals surface area contributed by atoms with Crippen molar-refractivity contribution in [1.82, 2.24) is 4.98 Å². The second kappa shape index (κ2) is 5.28. The van der Waals surface area contributed by atoms with Gasteiger partial charge >= 0.3 is 0 Å². The van der Waals surface area contributed by atoms with Crippen LogP contribution in [0.3, 0.4) is 0 Å². The molecule has 1 heterocycles. The minimum atomic E-state index is -0.483. The minimum Gasteiger partial charge on any atom is -0.494 e. The van der Waals surface area contributed by atoms with E-state index in [-0.39, 0.29) is 5.75 Å². The average Bonchev–Trinajstić information content (AvgIpc) is 2.50. The van der Waals surface area contributed by atoms with Crippen molar-refractivity contribution in [3.8, 4) is 5.75 Å². The number of pyridine rings is 1. The molecule has 0 unspecified atom stereocenters. The molecule has 3 N–H and O–H groups in total. The van der Waals surface area contributed by atoms with Crippen LogP contribution in [0, 0.1) is 5.82 Å². The van der Waals surface area contributed by atoms with Crippen molar-refractivity contribution >= 4 is 28.0 Å². The zero-order chi connectivity index (χ0) is 14.8. The van der Waals surface area contributed by atoms with Gasteiger partial charge in [-0.15, -0.1) is 0 Å². The Balaban J connectivity index is 1.98. The highest BCUT2D eigenvalue weighted by molar-refractivity contribution is 5.84. The van der Waals surface area contributed by atoms with Crippen molar-refractivity contribution in [2.24, 2.45) is 0 Å². The highest BCUT2D eigenvalue weighted by Crippen LogP contribution is 2.31. The summed E-state index contributed by atoms with van der Waals surface area (Å²) in [6.07, 6.45) is 1.75. The van der Waals surface area contributed by atoms with E-state index in [1.807, 2.05) is 30.3 Å². The zero-order valence-corrected chi connectivity index (χ0v) is 11.4. The Bertz CT molecular complexity index is 805. The van der Waals surface area contributed by atoms with Crippen LogP contribution in [0.2, 0.25) is 0 Å². The van der Waals surface area contributed by atoms with Gasteiger partial charge in [-0.1, -0.05) is 6.07 Å². The van der Waals surface area contributed by atoms with Crippen LogP contribution in [0.5, 0.6) is 5.75 Å². The lowest BCUT2D eigenvalue weighted by Gasteiger charge is -2.12. The van der Waals surface area contributed by atoms with Gasteiger partial charge < -0.3 is 15.8 Å². The van der Waals surface area contributed by atoms with Crippen LogP contribution in [-0.4, -0.2) is 12.1 Å². The summed E-state index contributed by atoms with van der Waals surface area (Å²) in [6, 6.07) is 12.4. The Labute approximate surface area is 121 Å². The van der Waals surface area contributed by atoms with E-state index in [2.05, 4.69) is 10.3 Å². The fourth-order valence-electron chi connectivity index (χ4n) is 2.14. The summed E-state index contributed by atoms with van der Waals surface area (Å²) in [4.78, 5) is 4.26. The quantitative estimate of drug-likeness (QED) is 0.719. The molecule has 0 radical (unpaired) electrons. The van der Waals surface area contributed by atoms with Gasteiger partial charge in [0, 0.05) is 29.4 Å². The first-order chi connectivity index (χ1) is 10.2. The number of benzene rings is 2. The van der Waals surface area contributed by atoms with E-state index in [0.29, 0.717) is 11.4 Å². The average molecular weight is 283 g/mol. The van der Waals surface area contributed by atoms with Crippen LogP contribution in [0.15, 0.2) is 48.7 Å². The van der Waals surface area contributed by atoms with E-state index >= 15 is 0 Å². The van der Waals surface area contributed by atoms with Crippen LogP contribution >= 0.6 is 0 Å². The number of hydrogen-bond donors (Lipinski definition) is 2. The summed E-state index contributed by atoms with van der Waals surface area (Å²) >= 11 is 0. The normalized spacial score (nSPS) is 10.6. The lowest BCUT2D eigenvalue weighted by molar-refractivity contribution is 0.387. The maximum absolute atomic E-state index is 13.5. The number of aromatic nitrogens is 1. The summed E-state index contributed by atoms with van der Waals surface area (Å²) in [6.45, 7) is 0. The van der Waals surface area contributed by atoms with E-state index in [1.165, 1.54) is 19.2 Å². The fraction of sp³-hybridized carbons (Fsp3) is 0.0625. The van der Waals surface area contributed by atoms with Crippen molar-refractivity contribution in [2.75, 3.05) is 18.2 Å². The van der Waals surface area contributed by atoms with Crippen molar-refractivity contribution < 1.29 is 9.13 Å². The maximum Gasteiger partial charge on any atom is 0.167 e. The number of nitrogens with one attached hydrogen (secondary N) is 1. The molecular formula is C16H14FN3O. The third-order valence-corrected chi connectivity index (χ3v) is 3.21. The molecule has 0 fully saturated rings. The number of fused-ring (bicyclic) bond motifs is 1. The number of ether oxygens (including phenoxy) is 1. The standard InChI is InChI=1S/C16H14FN3O/c1-21-16-9-15(13(18)8-12(16)17)20-11-4-5-14-10(7-11)3-2-6-19-14/h2-9,20H,18H2,1H3. The molecule has 0 saturated carbocycles. The Morgan fingerprint density at radius 3 is 2.86 bits per heavy atom. The second-order valence-electron chi connectivity index (χ2n) is 4.61. The predicted octanol–water partition coefficient (Wildman–Crippen LogP) is 3.71. The maximum atomic E-state index is 13.5. The topological polar surface area (TPSA) is 60.2 Å². The van der Waals surface area contributed by atoms with Crippen molar-refractivity contribution in [1.29, 1.82) is 0 Å². The third kappa shape index (κ3) is 2.58. The minimum absolute atomic E-state index is 0.147. The van der Waals surface area contributed by atoms with Gasteiger partial charge in [0.05, 0.1) is 24.0 Å². The molecular weight excluding hydrogens is 269 g/mol. The molecule has 0 aliphatic carbocycles. The van der Waals surface area contributed by atoms with E-state index in [9.17, 15) is 4.39 Å². The van der Waals surface area contributed by atoms with Gasteiger partial charge in [0.15, 0.2) is 11.6 Å². The van der Waals surface area contributed by atoms with Gasteiger partial charge in [0.25, 0.3) is 0 Å². The van der Waals surface area contributed by atoms with Crippen molar-refractivity contribution in [3.63, 3.8) is 0 Å². The van der Waals surface area contributed by atoms with E-state index in [0.717, 1.165) is 16.6 Å². The van der Waals surface area contributed by atoms with E-state index in [4.69, 9.17) is 10.5 Å². The lowest BCUT2D eigenvalue weighted by Crippen LogP contribution is -1.99. The van der Waals surface area contributed by atoms with Gasteiger partial charge in [-0.2, -0.15) is 0 Å². The van der Waals surface area contributed by atoms with Gasteiger partial charge in [-0.3, -0.25) is 4.98 Å². The first kappa shape index (κ1) is 13.2. The largest absolute Gasteiger partial charge is 0.494 e. The fourth-order valence-corrected chi connectivity index (χ4v) is 2.14. The van der Waals surface area contributed by atoms with Crippen LogP contribution in [-0.2, 0) is 0 Å². The molecule has 0 atom stereocenters. The molecule has 0 aliphatic heterocycles. The van der Waals surface area contributed by atoms with Crippen molar-refractivity contribution in [3.05, 3.63) is 54.5 Å². The van der Waals surface area contributed by atoms with Crippen LogP contribution in [0.1, 0.15) is 0 Å². The molecule has 21 heavy (non-hydrogen) atoms. The Hall–Kier alpha value is -2.82. The Kier molecular flexibility index (Phi) is 3.31. The van der Waals surface area contributed by atoms with Crippen LogP contribution in [0.25, 0.3) is 10.9 Å². The summed E-state index contributed by atoms with van der Waals surface area (Å²) in [5.41, 5.74) is 8.50. The van der Waals surface area contributed by atoms with Crippen molar-refractivity contribution in [2.45, 2.75) is 0 Å². The summed E-state index contributed by atoms with van der Waals surface area (Å²) in [5, 5.41) is 4.18. The highest BCUT2D eigenvalue weighted by atomic mass is 19.1. The molecule has 1 aromatic heterocycles. The molecule has 3 aromatic rings. The lowest BCUT2D eigenvalue weighted by atomic mass is 10.2. The molecule has 0 spiro atoms. The SMILES string of the molecule is COc1cc(Nc2ccc3ncccc3c2)c(N)cc1F. The molecule has 0 amide bonds. The number of rotatable bonds is 3. The number of anilines is 3. The molecule has 4 nitrogen and oxygen atoms in total. The van der Waals surface area contributed by atoms with E-state index < -0.39 is 5.82 Å².